The van der Waals surface area contributed by atoms with Gasteiger partial charge < -0.3 is 5.32 Å². The molecule has 0 spiro atoms. The minimum atomic E-state index is 0.206. The lowest BCUT2D eigenvalue weighted by molar-refractivity contribution is 0.404. The summed E-state index contributed by atoms with van der Waals surface area (Å²) in [4.78, 5) is 4.66. The van der Waals surface area contributed by atoms with Crippen LogP contribution in [0.5, 0.6) is 0 Å². The Morgan fingerprint density at radius 2 is 1.94 bits per heavy atom. The molecule has 1 unspecified atom stereocenters. The Labute approximate surface area is 113 Å². The zero-order valence-corrected chi connectivity index (χ0v) is 11.8. The Balaban J connectivity index is 1.61. The Morgan fingerprint density at radius 1 is 1.22 bits per heavy atom. The average molecular weight is 260 g/mol. The highest BCUT2D eigenvalue weighted by Gasteiger charge is 2.39. The van der Waals surface area contributed by atoms with E-state index in [-0.39, 0.29) is 5.54 Å². The standard InChI is InChI=1S/C15H20N2S/c1-15(2,12-8-9-12)17-14-16-10-13(18-14)11-6-4-3-5-7-11/h3-7,12-13H,8-10H2,1-2H3,(H,16,17). The lowest BCUT2D eigenvalue weighted by Crippen LogP contribution is -2.43. The van der Waals surface area contributed by atoms with Crippen molar-refractivity contribution >= 4 is 16.9 Å². The number of thioether (sulfide) groups is 1. The van der Waals surface area contributed by atoms with E-state index in [4.69, 9.17) is 0 Å². The van der Waals surface area contributed by atoms with Crippen LogP contribution in [0.3, 0.4) is 0 Å². The minimum Gasteiger partial charge on any atom is -0.360 e. The van der Waals surface area contributed by atoms with E-state index in [9.17, 15) is 0 Å². The second-order valence-corrected chi connectivity index (χ2v) is 6.98. The first-order valence-corrected chi connectivity index (χ1v) is 7.57. The minimum absolute atomic E-state index is 0.206. The molecule has 2 nitrogen and oxygen atoms in total. The molecule has 0 bridgehead atoms. The number of nitrogens with zero attached hydrogens (tertiary/aromatic N) is 1. The van der Waals surface area contributed by atoms with Crippen molar-refractivity contribution in [3.8, 4) is 0 Å². The van der Waals surface area contributed by atoms with E-state index >= 15 is 0 Å². The lowest BCUT2D eigenvalue weighted by atomic mass is 9.99. The zero-order chi connectivity index (χ0) is 12.6. The SMILES string of the molecule is CC(C)(NC1=NCC(c2ccccc2)S1)C1CC1. The van der Waals surface area contributed by atoms with Crippen molar-refractivity contribution in [1.29, 1.82) is 0 Å². The number of amidine groups is 1. The third-order valence-electron chi connectivity index (χ3n) is 3.85. The molecule has 0 aromatic heterocycles. The summed E-state index contributed by atoms with van der Waals surface area (Å²) in [6, 6.07) is 10.7. The maximum atomic E-state index is 4.66. The van der Waals surface area contributed by atoms with Crippen LogP contribution in [0, 0.1) is 5.92 Å². The predicted molar refractivity (Wildman–Crippen MR) is 79.0 cm³/mol. The Hall–Kier alpha value is -0.960. The highest BCUT2D eigenvalue weighted by atomic mass is 32.2. The molecule has 1 heterocycles. The Morgan fingerprint density at radius 3 is 2.61 bits per heavy atom. The highest BCUT2D eigenvalue weighted by molar-refractivity contribution is 8.14. The number of rotatable bonds is 3. The smallest absolute Gasteiger partial charge is 0.157 e. The molecule has 0 radical (unpaired) electrons. The summed E-state index contributed by atoms with van der Waals surface area (Å²) >= 11 is 1.87. The molecule has 0 amide bonds. The van der Waals surface area contributed by atoms with E-state index in [1.165, 1.54) is 18.4 Å². The maximum Gasteiger partial charge on any atom is 0.157 e. The lowest BCUT2D eigenvalue weighted by Gasteiger charge is -2.27. The predicted octanol–water partition coefficient (Wildman–Crippen LogP) is 3.61. The maximum absolute atomic E-state index is 4.66. The molecule has 3 heteroatoms. The van der Waals surface area contributed by atoms with Gasteiger partial charge in [0.1, 0.15) is 0 Å². The van der Waals surface area contributed by atoms with Crippen LogP contribution in [-0.2, 0) is 0 Å². The second-order valence-electron chi connectivity index (χ2n) is 5.78. The van der Waals surface area contributed by atoms with Gasteiger partial charge in [-0.3, -0.25) is 4.99 Å². The van der Waals surface area contributed by atoms with Crippen molar-refractivity contribution in [3.05, 3.63) is 35.9 Å². The fraction of sp³-hybridized carbons (Fsp3) is 0.533. The summed E-state index contributed by atoms with van der Waals surface area (Å²) in [6.45, 7) is 5.49. The van der Waals surface area contributed by atoms with Crippen molar-refractivity contribution in [3.63, 3.8) is 0 Å². The van der Waals surface area contributed by atoms with Crippen LogP contribution in [0.2, 0.25) is 0 Å². The van der Waals surface area contributed by atoms with Crippen LogP contribution in [0.25, 0.3) is 0 Å². The van der Waals surface area contributed by atoms with E-state index in [2.05, 4.69) is 54.5 Å². The summed E-state index contributed by atoms with van der Waals surface area (Å²) < 4.78 is 0. The molecule has 3 rings (SSSR count). The third-order valence-corrected chi connectivity index (χ3v) is 5.01. The quantitative estimate of drug-likeness (QED) is 0.898. The van der Waals surface area contributed by atoms with Crippen molar-refractivity contribution in [2.45, 2.75) is 37.5 Å². The number of hydrogen-bond acceptors (Lipinski definition) is 3. The molecule has 1 aliphatic heterocycles. The molecule has 1 atom stereocenters. The van der Waals surface area contributed by atoms with Crippen molar-refractivity contribution in [2.75, 3.05) is 6.54 Å². The topological polar surface area (TPSA) is 24.4 Å². The molecule has 2 aliphatic rings. The van der Waals surface area contributed by atoms with Gasteiger partial charge in [0.2, 0.25) is 0 Å². The Kier molecular flexibility index (Phi) is 3.10. The fourth-order valence-electron chi connectivity index (χ4n) is 2.47. The zero-order valence-electron chi connectivity index (χ0n) is 11.0. The molecule has 1 aromatic carbocycles. The molecule has 96 valence electrons. The molecular weight excluding hydrogens is 240 g/mol. The normalized spacial score (nSPS) is 23.9. The molecule has 1 N–H and O–H groups in total. The van der Waals surface area contributed by atoms with Crippen LogP contribution in [0.15, 0.2) is 35.3 Å². The van der Waals surface area contributed by atoms with Crippen LogP contribution in [0.1, 0.15) is 37.5 Å². The largest absolute Gasteiger partial charge is 0.360 e. The summed E-state index contributed by atoms with van der Waals surface area (Å²) in [5.74, 6) is 0.830. The summed E-state index contributed by atoms with van der Waals surface area (Å²) in [5, 5.41) is 5.25. The van der Waals surface area contributed by atoms with Crippen molar-refractivity contribution in [1.82, 2.24) is 5.32 Å². The average Bonchev–Trinajstić information content (AvgIpc) is 3.13. The molecule has 1 aromatic rings. The second kappa shape index (κ2) is 4.61. The first-order valence-electron chi connectivity index (χ1n) is 6.69. The molecule has 1 saturated carbocycles. The highest BCUT2D eigenvalue weighted by Crippen LogP contribution is 2.41. The van der Waals surface area contributed by atoms with Gasteiger partial charge in [0.05, 0.1) is 11.8 Å². The molecule has 1 fully saturated rings. The van der Waals surface area contributed by atoms with Crippen LogP contribution >= 0.6 is 11.8 Å². The van der Waals surface area contributed by atoms with E-state index < -0.39 is 0 Å². The van der Waals surface area contributed by atoms with Crippen LogP contribution in [-0.4, -0.2) is 17.3 Å². The number of hydrogen-bond donors (Lipinski definition) is 1. The van der Waals surface area contributed by atoms with E-state index in [1.54, 1.807) is 0 Å². The van der Waals surface area contributed by atoms with Gasteiger partial charge in [-0.15, -0.1) is 0 Å². The molecule has 0 saturated heterocycles. The summed E-state index contributed by atoms with van der Waals surface area (Å²) in [5.41, 5.74) is 1.59. The first-order chi connectivity index (χ1) is 8.65. The van der Waals surface area contributed by atoms with Crippen molar-refractivity contribution in [2.24, 2.45) is 10.9 Å². The van der Waals surface area contributed by atoms with Gasteiger partial charge in [-0.2, -0.15) is 0 Å². The fourth-order valence-corrected chi connectivity index (χ4v) is 3.65. The van der Waals surface area contributed by atoms with Gasteiger partial charge >= 0.3 is 0 Å². The Bertz CT molecular complexity index is 449. The molecular formula is C15H20N2S. The summed E-state index contributed by atoms with van der Waals surface area (Å²) in [6.07, 6.45) is 2.72. The van der Waals surface area contributed by atoms with Gasteiger partial charge in [-0.25, -0.2) is 0 Å². The molecule has 1 aliphatic carbocycles. The number of aliphatic imine (C=N–C) groups is 1. The monoisotopic (exact) mass is 260 g/mol. The summed E-state index contributed by atoms with van der Waals surface area (Å²) in [7, 11) is 0. The number of nitrogens with one attached hydrogen (secondary N) is 1. The van der Waals surface area contributed by atoms with Crippen molar-refractivity contribution < 1.29 is 0 Å². The first kappa shape index (κ1) is 12.1. The van der Waals surface area contributed by atoms with Gasteiger partial charge in [0, 0.05) is 5.54 Å². The van der Waals surface area contributed by atoms with E-state index in [1.807, 2.05) is 11.8 Å². The third kappa shape index (κ3) is 2.56. The molecule has 18 heavy (non-hydrogen) atoms. The van der Waals surface area contributed by atoms with E-state index in [0.29, 0.717) is 5.25 Å². The van der Waals surface area contributed by atoms with Gasteiger partial charge in [0.25, 0.3) is 0 Å². The van der Waals surface area contributed by atoms with Gasteiger partial charge in [0.15, 0.2) is 5.17 Å². The van der Waals surface area contributed by atoms with Gasteiger partial charge in [-0.1, -0.05) is 42.1 Å². The van der Waals surface area contributed by atoms with Crippen LogP contribution < -0.4 is 5.32 Å². The van der Waals surface area contributed by atoms with Gasteiger partial charge in [-0.05, 0) is 38.2 Å². The number of benzene rings is 1. The van der Waals surface area contributed by atoms with E-state index in [0.717, 1.165) is 17.6 Å². The van der Waals surface area contributed by atoms with Crippen LogP contribution in [0.4, 0.5) is 0 Å².